The smallest absolute Gasteiger partial charge is 0.233 e. The summed E-state index contributed by atoms with van der Waals surface area (Å²) in [6, 6.07) is -0.152. The lowest BCUT2D eigenvalue weighted by Crippen LogP contribution is -2.41. The van der Waals surface area contributed by atoms with Crippen LogP contribution in [-0.2, 0) is 11.2 Å². The SMILES string of the molecule is CCC(N)c1nnc(CC2(OC)CCC2)o1. The maximum Gasteiger partial charge on any atom is 0.233 e. The van der Waals surface area contributed by atoms with Crippen LogP contribution < -0.4 is 5.73 Å². The molecule has 90 valence electrons. The maximum absolute atomic E-state index is 5.82. The number of nitrogens with zero attached hydrogens (tertiary/aromatic N) is 2. The zero-order valence-electron chi connectivity index (χ0n) is 9.90. The van der Waals surface area contributed by atoms with Crippen molar-refractivity contribution in [3.63, 3.8) is 0 Å². The number of methoxy groups -OCH3 is 1. The van der Waals surface area contributed by atoms with Crippen LogP contribution in [0.1, 0.15) is 50.4 Å². The van der Waals surface area contributed by atoms with Gasteiger partial charge in [0.2, 0.25) is 11.8 Å². The van der Waals surface area contributed by atoms with Crippen LogP contribution >= 0.6 is 0 Å². The molecule has 2 N–H and O–H groups in total. The average Bonchev–Trinajstić information content (AvgIpc) is 2.70. The van der Waals surface area contributed by atoms with Crippen LogP contribution in [0.25, 0.3) is 0 Å². The molecule has 0 aromatic carbocycles. The van der Waals surface area contributed by atoms with Crippen LogP contribution in [0.2, 0.25) is 0 Å². The molecule has 0 spiro atoms. The molecular weight excluding hydrogens is 206 g/mol. The van der Waals surface area contributed by atoms with Gasteiger partial charge in [0.1, 0.15) is 0 Å². The van der Waals surface area contributed by atoms with Gasteiger partial charge >= 0.3 is 0 Å². The van der Waals surface area contributed by atoms with Crippen LogP contribution in [0, 0.1) is 0 Å². The first-order valence-corrected chi connectivity index (χ1v) is 5.82. The topological polar surface area (TPSA) is 74.2 Å². The lowest BCUT2D eigenvalue weighted by Gasteiger charge is -2.39. The van der Waals surface area contributed by atoms with E-state index in [2.05, 4.69) is 10.2 Å². The average molecular weight is 225 g/mol. The molecule has 1 heterocycles. The standard InChI is InChI=1S/C11H19N3O2/c1-3-8(12)10-14-13-9(16-10)7-11(15-2)5-4-6-11/h8H,3-7,12H2,1-2H3. The second-order valence-electron chi connectivity index (χ2n) is 4.47. The highest BCUT2D eigenvalue weighted by molar-refractivity contribution is 4.98. The van der Waals surface area contributed by atoms with E-state index in [1.807, 2.05) is 6.92 Å². The monoisotopic (exact) mass is 225 g/mol. The zero-order chi connectivity index (χ0) is 11.6. The number of rotatable bonds is 5. The van der Waals surface area contributed by atoms with Crippen LogP contribution in [0.5, 0.6) is 0 Å². The van der Waals surface area contributed by atoms with Crippen molar-refractivity contribution in [3.05, 3.63) is 11.8 Å². The van der Waals surface area contributed by atoms with Crippen molar-refractivity contribution in [3.8, 4) is 0 Å². The van der Waals surface area contributed by atoms with Gasteiger partial charge in [-0.2, -0.15) is 0 Å². The van der Waals surface area contributed by atoms with Crippen molar-refractivity contribution >= 4 is 0 Å². The highest BCUT2D eigenvalue weighted by Gasteiger charge is 2.38. The quantitative estimate of drug-likeness (QED) is 0.823. The first-order valence-electron chi connectivity index (χ1n) is 5.82. The predicted octanol–water partition coefficient (Wildman–Crippen LogP) is 1.59. The minimum absolute atomic E-state index is 0.0693. The molecule has 1 aliphatic rings. The van der Waals surface area contributed by atoms with Gasteiger partial charge in [0.15, 0.2) is 0 Å². The Morgan fingerprint density at radius 3 is 2.75 bits per heavy atom. The molecule has 1 fully saturated rings. The van der Waals surface area contributed by atoms with Gasteiger partial charge in [0, 0.05) is 7.11 Å². The van der Waals surface area contributed by atoms with Crippen molar-refractivity contribution in [2.24, 2.45) is 5.73 Å². The first kappa shape index (κ1) is 11.5. The van der Waals surface area contributed by atoms with Gasteiger partial charge in [0.25, 0.3) is 0 Å². The molecule has 0 bridgehead atoms. The summed E-state index contributed by atoms with van der Waals surface area (Å²) in [4.78, 5) is 0. The molecule has 5 nitrogen and oxygen atoms in total. The number of nitrogens with two attached hydrogens (primary N) is 1. The molecule has 1 unspecified atom stereocenters. The van der Waals surface area contributed by atoms with E-state index in [-0.39, 0.29) is 11.6 Å². The Balaban J connectivity index is 2.02. The summed E-state index contributed by atoms with van der Waals surface area (Å²) in [6.07, 6.45) is 4.86. The maximum atomic E-state index is 5.82. The molecule has 0 saturated heterocycles. The summed E-state index contributed by atoms with van der Waals surface area (Å²) in [5.74, 6) is 1.17. The van der Waals surface area contributed by atoms with E-state index >= 15 is 0 Å². The molecule has 1 aliphatic carbocycles. The third-order valence-corrected chi connectivity index (χ3v) is 3.41. The molecule has 1 aromatic rings. The van der Waals surface area contributed by atoms with E-state index in [0.717, 1.165) is 19.3 Å². The number of aromatic nitrogens is 2. The fraction of sp³-hybridized carbons (Fsp3) is 0.818. The minimum Gasteiger partial charge on any atom is -0.423 e. The number of hydrogen-bond donors (Lipinski definition) is 1. The third kappa shape index (κ3) is 2.10. The van der Waals surface area contributed by atoms with Crippen molar-refractivity contribution < 1.29 is 9.15 Å². The van der Waals surface area contributed by atoms with Crippen molar-refractivity contribution in [2.45, 2.75) is 50.7 Å². The summed E-state index contributed by atoms with van der Waals surface area (Å²) < 4.78 is 11.1. The fourth-order valence-electron chi connectivity index (χ4n) is 1.96. The van der Waals surface area contributed by atoms with E-state index in [1.165, 1.54) is 6.42 Å². The van der Waals surface area contributed by atoms with Crippen molar-refractivity contribution in [1.29, 1.82) is 0 Å². The van der Waals surface area contributed by atoms with Gasteiger partial charge in [0.05, 0.1) is 18.1 Å². The summed E-state index contributed by atoms with van der Waals surface area (Å²) in [7, 11) is 1.74. The summed E-state index contributed by atoms with van der Waals surface area (Å²) in [5.41, 5.74) is 5.75. The van der Waals surface area contributed by atoms with Crippen molar-refractivity contribution in [1.82, 2.24) is 10.2 Å². The molecule has 1 aromatic heterocycles. The summed E-state index contributed by atoms with van der Waals surface area (Å²) in [6.45, 7) is 2.00. The second-order valence-corrected chi connectivity index (χ2v) is 4.47. The summed E-state index contributed by atoms with van der Waals surface area (Å²) >= 11 is 0. The highest BCUT2D eigenvalue weighted by Crippen LogP contribution is 2.37. The van der Waals surface area contributed by atoms with E-state index in [9.17, 15) is 0 Å². The largest absolute Gasteiger partial charge is 0.423 e. The molecular formula is C11H19N3O2. The van der Waals surface area contributed by atoms with Gasteiger partial charge < -0.3 is 14.9 Å². The number of hydrogen-bond acceptors (Lipinski definition) is 5. The Morgan fingerprint density at radius 1 is 1.50 bits per heavy atom. The number of ether oxygens (including phenoxy) is 1. The second kappa shape index (κ2) is 4.51. The van der Waals surface area contributed by atoms with Gasteiger partial charge in [-0.3, -0.25) is 0 Å². The van der Waals surface area contributed by atoms with Crippen LogP contribution in [0.4, 0.5) is 0 Å². The van der Waals surface area contributed by atoms with Crippen LogP contribution in [0.15, 0.2) is 4.42 Å². The highest BCUT2D eigenvalue weighted by atomic mass is 16.5. The molecule has 5 heteroatoms. The van der Waals surface area contributed by atoms with E-state index in [0.29, 0.717) is 18.2 Å². The summed E-state index contributed by atoms with van der Waals surface area (Å²) in [5, 5.41) is 7.99. The molecule has 1 saturated carbocycles. The lowest BCUT2D eigenvalue weighted by molar-refractivity contribution is -0.0747. The molecule has 0 aliphatic heterocycles. The normalized spacial score (nSPS) is 20.4. The Hall–Kier alpha value is -0.940. The zero-order valence-corrected chi connectivity index (χ0v) is 9.90. The lowest BCUT2D eigenvalue weighted by atomic mass is 9.77. The third-order valence-electron chi connectivity index (χ3n) is 3.41. The molecule has 1 atom stereocenters. The Kier molecular flexibility index (Phi) is 3.25. The van der Waals surface area contributed by atoms with Crippen LogP contribution in [0.3, 0.4) is 0 Å². The predicted molar refractivity (Wildman–Crippen MR) is 58.8 cm³/mol. The van der Waals surface area contributed by atoms with Gasteiger partial charge in [-0.25, -0.2) is 0 Å². The van der Waals surface area contributed by atoms with E-state index in [1.54, 1.807) is 7.11 Å². The van der Waals surface area contributed by atoms with Gasteiger partial charge in [-0.1, -0.05) is 6.92 Å². The molecule has 0 amide bonds. The molecule has 2 rings (SSSR count). The Bertz CT molecular complexity index is 341. The molecule has 0 radical (unpaired) electrons. The van der Waals surface area contributed by atoms with E-state index in [4.69, 9.17) is 14.9 Å². The Morgan fingerprint density at radius 2 is 2.25 bits per heavy atom. The Labute approximate surface area is 95.4 Å². The van der Waals surface area contributed by atoms with Gasteiger partial charge in [-0.05, 0) is 25.7 Å². The first-order chi connectivity index (χ1) is 7.69. The molecule has 16 heavy (non-hydrogen) atoms. The van der Waals surface area contributed by atoms with Gasteiger partial charge in [-0.15, -0.1) is 10.2 Å². The van der Waals surface area contributed by atoms with Crippen molar-refractivity contribution in [2.75, 3.05) is 7.11 Å². The minimum atomic E-state index is -0.152. The van der Waals surface area contributed by atoms with Crippen LogP contribution in [-0.4, -0.2) is 22.9 Å². The fourth-order valence-corrected chi connectivity index (χ4v) is 1.96. The van der Waals surface area contributed by atoms with E-state index < -0.39 is 0 Å².